The first-order valence-corrected chi connectivity index (χ1v) is 10.7. The van der Waals surface area contributed by atoms with Crippen LogP contribution in [0.25, 0.3) is 0 Å². The summed E-state index contributed by atoms with van der Waals surface area (Å²) in [4.78, 5) is 18.1. The fourth-order valence-corrected chi connectivity index (χ4v) is 4.05. The van der Waals surface area contributed by atoms with Crippen LogP contribution in [0.5, 0.6) is 0 Å². The Morgan fingerprint density at radius 1 is 1.21 bits per heavy atom. The molecule has 1 aromatic rings. The predicted molar refractivity (Wildman–Crippen MR) is 118 cm³/mol. The zero-order chi connectivity index (χ0) is 20.5. The van der Waals surface area contributed by atoms with Gasteiger partial charge >= 0.3 is 0 Å². The van der Waals surface area contributed by atoms with Gasteiger partial charge in [-0.2, -0.15) is 0 Å². The molecule has 0 radical (unpaired) electrons. The summed E-state index contributed by atoms with van der Waals surface area (Å²) < 4.78 is 0. The van der Waals surface area contributed by atoms with Crippen molar-refractivity contribution in [3.63, 3.8) is 0 Å². The molecule has 1 aliphatic rings. The Morgan fingerprint density at radius 2 is 1.93 bits per heavy atom. The smallest absolute Gasteiger partial charge is 0.253 e. The number of carbonyl (C=O) groups excluding carboxylic acids is 1. The highest BCUT2D eigenvalue weighted by Crippen LogP contribution is 2.31. The minimum atomic E-state index is 0.0396. The average molecular weight is 387 g/mol. The molecule has 0 heterocycles. The number of nitrogens with zero attached hydrogens (tertiary/aromatic N) is 2. The van der Waals surface area contributed by atoms with Gasteiger partial charge in [0.05, 0.1) is 0 Å². The van der Waals surface area contributed by atoms with Gasteiger partial charge in [0, 0.05) is 39.3 Å². The minimum absolute atomic E-state index is 0.0396. The van der Waals surface area contributed by atoms with Crippen molar-refractivity contribution < 1.29 is 4.79 Å². The third-order valence-electron chi connectivity index (χ3n) is 6.06. The van der Waals surface area contributed by atoms with E-state index in [1.165, 1.54) is 32.1 Å². The first kappa shape index (κ1) is 22.3. The molecule has 1 aliphatic carbocycles. The Kier molecular flexibility index (Phi) is 8.81. The highest BCUT2D eigenvalue weighted by molar-refractivity contribution is 5.94. The molecular formula is C23H38N4O. The van der Waals surface area contributed by atoms with Gasteiger partial charge in [0.15, 0.2) is 5.96 Å². The highest BCUT2D eigenvalue weighted by Gasteiger charge is 2.24. The molecule has 156 valence electrons. The van der Waals surface area contributed by atoms with Gasteiger partial charge in [-0.05, 0) is 42.9 Å². The Bertz CT molecular complexity index is 650. The van der Waals surface area contributed by atoms with Crippen LogP contribution in [0.4, 0.5) is 0 Å². The maximum absolute atomic E-state index is 12.1. The first-order chi connectivity index (χ1) is 13.4. The van der Waals surface area contributed by atoms with Crippen molar-refractivity contribution >= 4 is 11.9 Å². The van der Waals surface area contributed by atoms with Gasteiger partial charge in [0.25, 0.3) is 5.91 Å². The molecule has 1 saturated carbocycles. The van der Waals surface area contributed by atoms with Crippen LogP contribution >= 0.6 is 0 Å². The van der Waals surface area contributed by atoms with E-state index in [1.54, 1.807) is 19.0 Å². The lowest BCUT2D eigenvalue weighted by Crippen LogP contribution is -2.46. The van der Waals surface area contributed by atoms with Crippen molar-refractivity contribution in [1.82, 2.24) is 15.5 Å². The third kappa shape index (κ3) is 6.54. The van der Waals surface area contributed by atoms with Gasteiger partial charge in [-0.3, -0.25) is 9.79 Å². The van der Waals surface area contributed by atoms with Crippen LogP contribution in [0, 0.1) is 11.8 Å². The average Bonchev–Trinajstić information content (AvgIpc) is 2.72. The van der Waals surface area contributed by atoms with E-state index in [0.717, 1.165) is 36.0 Å². The molecule has 28 heavy (non-hydrogen) atoms. The Morgan fingerprint density at radius 3 is 2.57 bits per heavy atom. The lowest BCUT2D eigenvalue weighted by molar-refractivity contribution is 0.0827. The van der Waals surface area contributed by atoms with Crippen molar-refractivity contribution in [3.8, 4) is 0 Å². The van der Waals surface area contributed by atoms with Gasteiger partial charge in [-0.15, -0.1) is 0 Å². The summed E-state index contributed by atoms with van der Waals surface area (Å²) in [6, 6.07) is 8.27. The number of hydrogen-bond donors (Lipinski definition) is 2. The van der Waals surface area contributed by atoms with E-state index in [4.69, 9.17) is 0 Å². The van der Waals surface area contributed by atoms with Crippen LogP contribution in [-0.4, -0.2) is 50.5 Å². The standard InChI is InChI=1S/C23H38N4O/c1-17(20-11-7-6-8-12-20)18(2)26-23(24-3)25-15-14-19-10-9-13-21(16-19)22(28)27(4)5/h9-10,13,16-18,20H,6-8,11-12,14-15H2,1-5H3,(H2,24,25,26). The number of amides is 1. The maximum atomic E-state index is 12.1. The fraction of sp³-hybridized carbons (Fsp3) is 0.652. The van der Waals surface area contributed by atoms with E-state index in [1.807, 2.05) is 25.2 Å². The third-order valence-corrected chi connectivity index (χ3v) is 6.06. The largest absolute Gasteiger partial charge is 0.356 e. The lowest BCUT2D eigenvalue weighted by atomic mass is 9.78. The van der Waals surface area contributed by atoms with E-state index in [9.17, 15) is 4.79 Å². The van der Waals surface area contributed by atoms with Crippen LogP contribution in [0.3, 0.4) is 0 Å². The van der Waals surface area contributed by atoms with Crippen molar-refractivity contribution in [1.29, 1.82) is 0 Å². The number of rotatable bonds is 7. The second-order valence-corrected chi connectivity index (χ2v) is 8.34. The van der Waals surface area contributed by atoms with E-state index in [0.29, 0.717) is 12.0 Å². The molecule has 0 spiro atoms. The zero-order valence-corrected chi connectivity index (χ0v) is 18.3. The topological polar surface area (TPSA) is 56.7 Å². The van der Waals surface area contributed by atoms with Gasteiger partial charge in [0.2, 0.25) is 0 Å². The molecule has 1 fully saturated rings. The van der Waals surface area contributed by atoms with Crippen LogP contribution < -0.4 is 10.6 Å². The van der Waals surface area contributed by atoms with Crippen LogP contribution in [-0.2, 0) is 6.42 Å². The minimum Gasteiger partial charge on any atom is -0.356 e. The summed E-state index contributed by atoms with van der Waals surface area (Å²) in [5, 5.41) is 6.99. The normalized spacial score (nSPS) is 17.7. The van der Waals surface area contributed by atoms with Crippen molar-refractivity contribution in [2.75, 3.05) is 27.7 Å². The zero-order valence-electron chi connectivity index (χ0n) is 18.3. The van der Waals surface area contributed by atoms with Crippen molar-refractivity contribution in [2.24, 2.45) is 16.8 Å². The highest BCUT2D eigenvalue weighted by atomic mass is 16.2. The summed E-state index contributed by atoms with van der Waals surface area (Å²) in [6.45, 7) is 5.42. The molecular weight excluding hydrogens is 348 g/mol. The van der Waals surface area contributed by atoms with Crippen molar-refractivity contribution in [3.05, 3.63) is 35.4 Å². The number of guanidine groups is 1. The monoisotopic (exact) mass is 386 g/mol. The fourth-order valence-electron chi connectivity index (χ4n) is 4.05. The van der Waals surface area contributed by atoms with Gasteiger partial charge in [0.1, 0.15) is 0 Å². The number of benzene rings is 1. The number of nitrogens with one attached hydrogen (secondary N) is 2. The van der Waals surface area contributed by atoms with Crippen LogP contribution in [0.2, 0.25) is 0 Å². The molecule has 0 aromatic heterocycles. The summed E-state index contributed by atoms with van der Waals surface area (Å²) >= 11 is 0. The SMILES string of the molecule is CN=C(NCCc1cccc(C(=O)N(C)C)c1)NC(C)C(C)C1CCCCC1. The molecule has 5 nitrogen and oxygen atoms in total. The van der Waals surface area contributed by atoms with E-state index in [-0.39, 0.29) is 5.91 Å². The quantitative estimate of drug-likeness (QED) is 0.555. The van der Waals surface area contributed by atoms with Crippen LogP contribution in [0.1, 0.15) is 61.9 Å². The molecule has 0 aliphatic heterocycles. The summed E-state index contributed by atoms with van der Waals surface area (Å²) in [6.07, 6.45) is 7.73. The summed E-state index contributed by atoms with van der Waals surface area (Å²) in [7, 11) is 5.38. The molecule has 1 aromatic carbocycles. The lowest BCUT2D eigenvalue weighted by Gasteiger charge is -2.32. The molecule has 1 amide bonds. The van der Waals surface area contributed by atoms with Gasteiger partial charge in [-0.25, -0.2) is 0 Å². The second kappa shape index (κ2) is 11.1. The van der Waals surface area contributed by atoms with Crippen molar-refractivity contribution in [2.45, 2.75) is 58.4 Å². The van der Waals surface area contributed by atoms with Crippen LogP contribution in [0.15, 0.2) is 29.3 Å². The van der Waals surface area contributed by atoms with E-state index in [2.05, 4.69) is 35.5 Å². The maximum Gasteiger partial charge on any atom is 0.253 e. The molecule has 2 atom stereocenters. The molecule has 2 N–H and O–H groups in total. The molecule has 5 heteroatoms. The van der Waals surface area contributed by atoms with E-state index >= 15 is 0 Å². The Balaban J connectivity index is 1.82. The predicted octanol–water partition coefficient (Wildman–Crippen LogP) is 3.70. The molecule has 2 rings (SSSR count). The summed E-state index contributed by atoms with van der Waals surface area (Å²) in [5.74, 6) is 2.37. The Hall–Kier alpha value is -2.04. The molecule has 0 saturated heterocycles. The number of aliphatic imine (C=N–C) groups is 1. The van der Waals surface area contributed by atoms with Gasteiger partial charge in [-0.1, -0.05) is 51.2 Å². The summed E-state index contributed by atoms with van der Waals surface area (Å²) in [5.41, 5.74) is 1.89. The first-order valence-electron chi connectivity index (χ1n) is 10.7. The van der Waals surface area contributed by atoms with E-state index < -0.39 is 0 Å². The second-order valence-electron chi connectivity index (χ2n) is 8.34. The number of carbonyl (C=O) groups is 1. The Labute approximate surface area is 171 Å². The van der Waals surface area contributed by atoms with Gasteiger partial charge < -0.3 is 15.5 Å². The molecule has 2 unspecified atom stereocenters. The molecule has 0 bridgehead atoms. The number of hydrogen-bond acceptors (Lipinski definition) is 2.